The zero-order valence-corrected chi connectivity index (χ0v) is 10.0. The van der Waals surface area contributed by atoms with Crippen LogP contribution in [0, 0.1) is 17.8 Å². The molecule has 3 unspecified atom stereocenters. The van der Waals surface area contributed by atoms with Crippen LogP contribution in [0.1, 0.15) is 5.56 Å². The summed E-state index contributed by atoms with van der Waals surface area (Å²) in [4.78, 5) is 13.5. The van der Waals surface area contributed by atoms with Crippen LogP contribution in [0.5, 0.6) is 0 Å². The van der Waals surface area contributed by atoms with Gasteiger partial charge in [-0.05, 0) is 36.6 Å². The Morgan fingerprint density at radius 2 is 2.11 bits per heavy atom. The van der Waals surface area contributed by atoms with E-state index >= 15 is 0 Å². The Morgan fingerprint density at radius 1 is 1.37 bits per heavy atom. The average Bonchev–Trinajstić information content (AvgIpc) is 2.97. The van der Waals surface area contributed by atoms with E-state index in [9.17, 15) is 18.0 Å². The van der Waals surface area contributed by atoms with E-state index in [0.29, 0.717) is 18.8 Å². The summed E-state index contributed by atoms with van der Waals surface area (Å²) in [6, 6.07) is 4.90. The van der Waals surface area contributed by atoms with Crippen LogP contribution in [0.25, 0.3) is 0 Å². The lowest BCUT2D eigenvalue weighted by Crippen LogP contribution is -2.31. The Labute approximate surface area is 108 Å². The number of hydrogen-bond donors (Lipinski definition) is 1. The standard InChI is InChI=1S/C13H13F3N2O/c14-13(15,16)7-2-1-3-8(4-7)18-6-10-9(5-17)11(10)12(18)19/h1-4,9-11H,5-6,17H2. The number of carbonyl (C=O) groups excluding carboxylic acids is 1. The van der Waals surface area contributed by atoms with Gasteiger partial charge in [0.05, 0.1) is 5.56 Å². The van der Waals surface area contributed by atoms with Crippen molar-refractivity contribution in [3.63, 3.8) is 0 Å². The number of benzene rings is 1. The molecule has 2 fully saturated rings. The molecule has 1 aromatic carbocycles. The molecule has 3 nitrogen and oxygen atoms in total. The highest BCUT2D eigenvalue weighted by Gasteiger charge is 2.60. The van der Waals surface area contributed by atoms with Crippen molar-refractivity contribution in [1.29, 1.82) is 0 Å². The van der Waals surface area contributed by atoms with Crippen molar-refractivity contribution in [2.75, 3.05) is 18.0 Å². The third kappa shape index (κ3) is 1.90. The molecule has 1 aliphatic carbocycles. The summed E-state index contributed by atoms with van der Waals surface area (Å²) < 4.78 is 37.9. The molecule has 19 heavy (non-hydrogen) atoms. The predicted molar refractivity (Wildman–Crippen MR) is 63.3 cm³/mol. The summed E-state index contributed by atoms with van der Waals surface area (Å²) in [5.74, 6) is 0.251. The van der Waals surface area contributed by atoms with Crippen molar-refractivity contribution in [3.05, 3.63) is 29.8 Å². The lowest BCUT2D eigenvalue weighted by atomic mass is 10.1. The smallest absolute Gasteiger partial charge is 0.330 e. The fourth-order valence-corrected chi connectivity index (χ4v) is 2.95. The summed E-state index contributed by atoms with van der Waals surface area (Å²) in [5, 5.41) is 0. The lowest BCUT2D eigenvalue weighted by Gasteiger charge is -2.21. The number of anilines is 1. The highest BCUT2D eigenvalue weighted by molar-refractivity contribution is 6.00. The SMILES string of the molecule is NCC1C2CN(c3cccc(C(F)(F)F)c3)C(=O)C12. The number of fused-ring (bicyclic) bond motifs is 1. The second kappa shape index (κ2) is 3.96. The minimum Gasteiger partial charge on any atom is -0.330 e. The third-order valence-electron chi connectivity index (χ3n) is 4.03. The Balaban J connectivity index is 1.84. The largest absolute Gasteiger partial charge is 0.416 e. The van der Waals surface area contributed by atoms with Gasteiger partial charge in [-0.1, -0.05) is 6.07 Å². The molecule has 3 atom stereocenters. The van der Waals surface area contributed by atoms with E-state index in [1.54, 1.807) is 0 Å². The number of halogens is 3. The highest BCUT2D eigenvalue weighted by Crippen LogP contribution is 2.52. The van der Waals surface area contributed by atoms with E-state index in [4.69, 9.17) is 5.73 Å². The van der Waals surface area contributed by atoms with Gasteiger partial charge >= 0.3 is 6.18 Å². The maximum absolute atomic E-state index is 12.6. The average molecular weight is 270 g/mol. The number of piperidine rings is 1. The maximum atomic E-state index is 12.6. The molecule has 1 saturated carbocycles. The topological polar surface area (TPSA) is 46.3 Å². The first-order valence-corrected chi connectivity index (χ1v) is 6.12. The molecule has 102 valence electrons. The molecule has 6 heteroatoms. The van der Waals surface area contributed by atoms with Crippen LogP contribution in [0.2, 0.25) is 0 Å². The van der Waals surface area contributed by atoms with Gasteiger partial charge in [0.15, 0.2) is 0 Å². The van der Waals surface area contributed by atoms with E-state index in [-0.39, 0.29) is 23.7 Å². The van der Waals surface area contributed by atoms with Crippen LogP contribution in [0.15, 0.2) is 24.3 Å². The monoisotopic (exact) mass is 270 g/mol. The third-order valence-corrected chi connectivity index (χ3v) is 4.03. The summed E-state index contributed by atoms with van der Waals surface area (Å²) in [5.41, 5.74) is 5.13. The van der Waals surface area contributed by atoms with Gasteiger partial charge in [0, 0.05) is 18.2 Å². The highest BCUT2D eigenvalue weighted by atomic mass is 19.4. The van der Waals surface area contributed by atoms with Crippen LogP contribution in [-0.2, 0) is 11.0 Å². The summed E-state index contributed by atoms with van der Waals surface area (Å²) in [6.45, 7) is 0.949. The number of carbonyl (C=O) groups is 1. The van der Waals surface area contributed by atoms with Crippen molar-refractivity contribution in [2.24, 2.45) is 23.5 Å². The minimum atomic E-state index is -4.39. The van der Waals surface area contributed by atoms with E-state index in [2.05, 4.69) is 0 Å². The second-order valence-electron chi connectivity index (χ2n) is 5.09. The Morgan fingerprint density at radius 3 is 2.63 bits per heavy atom. The van der Waals surface area contributed by atoms with Gasteiger partial charge in [0.2, 0.25) is 5.91 Å². The van der Waals surface area contributed by atoms with E-state index in [1.807, 2.05) is 0 Å². The van der Waals surface area contributed by atoms with Gasteiger partial charge < -0.3 is 10.6 Å². The van der Waals surface area contributed by atoms with Crippen molar-refractivity contribution >= 4 is 11.6 Å². The Hall–Kier alpha value is -1.56. The van der Waals surface area contributed by atoms with Crippen molar-refractivity contribution < 1.29 is 18.0 Å². The Bertz CT molecular complexity index is 529. The molecule has 3 rings (SSSR count). The molecule has 1 amide bonds. The molecular weight excluding hydrogens is 257 g/mol. The fraction of sp³-hybridized carbons (Fsp3) is 0.462. The molecule has 0 spiro atoms. The van der Waals surface area contributed by atoms with Crippen molar-refractivity contribution in [2.45, 2.75) is 6.18 Å². The van der Waals surface area contributed by atoms with Gasteiger partial charge in [0.1, 0.15) is 0 Å². The molecule has 1 saturated heterocycles. The number of nitrogens with zero attached hydrogens (tertiary/aromatic N) is 1. The number of hydrogen-bond acceptors (Lipinski definition) is 2. The van der Waals surface area contributed by atoms with Crippen molar-refractivity contribution in [3.8, 4) is 0 Å². The molecule has 2 aliphatic rings. The summed E-state index contributed by atoms with van der Waals surface area (Å²) >= 11 is 0. The summed E-state index contributed by atoms with van der Waals surface area (Å²) in [7, 11) is 0. The summed E-state index contributed by atoms with van der Waals surface area (Å²) in [6.07, 6.45) is -4.39. The van der Waals surface area contributed by atoms with Gasteiger partial charge in [-0.2, -0.15) is 13.2 Å². The molecule has 1 heterocycles. The molecule has 0 bridgehead atoms. The number of rotatable bonds is 2. The van der Waals surface area contributed by atoms with Gasteiger partial charge in [-0.15, -0.1) is 0 Å². The first-order valence-electron chi connectivity index (χ1n) is 6.12. The lowest BCUT2D eigenvalue weighted by molar-refractivity contribution is -0.137. The molecule has 0 aromatic heterocycles. The molecule has 1 aliphatic heterocycles. The van der Waals surface area contributed by atoms with Gasteiger partial charge in [-0.25, -0.2) is 0 Å². The number of alkyl halides is 3. The van der Waals surface area contributed by atoms with Crippen LogP contribution in [0.4, 0.5) is 18.9 Å². The molecule has 2 N–H and O–H groups in total. The second-order valence-corrected chi connectivity index (χ2v) is 5.09. The molecule has 1 aromatic rings. The quantitative estimate of drug-likeness (QED) is 0.891. The minimum absolute atomic E-state index is 0.0838. The normalized spacial score (nSPS) is 29.6. The van der Waals surface area contributed by atoms with Crippen LogP contribution < -0.4 is 10.6 Å². The van der Waals surface area contributed by atoms with Gasteiger partial charge in [0.25, 0.3) is 0 Å². The molecule has 0 radical (unpaired) electrons. The molecular formula is C13H13F3N2O. The predicted octanol–water partition coefficient (Wildman–Crippen LogP) is 1.87. The van der Waals surface area contributed by atoms with E-state index in [0.717, 1.165) is 12.1 Å². The van der Waals surface area contributed by atoms with Crippen LogP contribution >= 0.6 is 0 Å². The number of nitrogens with two attached hydrogens (primary N) is 1. The first kappa shape index (κ1) is 12.5. The zero-order chi connectivity index (χ0) is 13.8. The van der Waals surface area contributed by atoms with Crippen molar-refractivity contribution in [1.82, 2.24) is 0 Å². The van der Waals surface area contributed by atoms with Crippen LogP contribution in [-0.4, -0.2) is 19.0 Å². The van der Waals surface area contributed by atoms with E-state index in [1.165, 1.54) is 17.0 Å². The maximum Gasteiger partial charge on any atom is 0.416 e. The van der Waals surface area contributed by atoms with E-state index < -0.39 is 11.7 Å². The van der Waals surface area contributed by atoms with Gasteiger partial charge in [-0.3, -0.25) is 4.79 Å². The fourth-order valence-electron chi connectivity index (χ4n) is 2.95. The number of amides is 1. The zero-order valence-electron chi connectivity index (χ0n) is 10.0. The Kier molecular flexibility index (Phi) is 2.60. The van der Waals surface area contributed by atoms with Crippen LogP contribution in [0.3, 0.4) is 0 Å². The first-order chi connectivity index (χ1) is 8.93.